The summed E-state index contributed by atoms with van der Waals surface area (Å²) in [5.74, 6) is 1.53. The first-order chi connectivity index (χ1) is 16.4. The van der Waals surface area contributed by atoms with E-state index >= 15 is 0 Å². The SMILES string of the molecule is CC(C)COc1ccc(CNC(=O)N(Cc2ccc(F)cc2)[C@H]2[C@@H]3COC[C@H]2CN(C)C3)cc1. The number of rotatable bonds is 8. The van der Waals surface area contributed by atoms with E-state index in [1.54, 1.807) is 12.1 Å². The monoisotopic (exact) mass is 469 g/mol. The summed E-state index contributed by atoms with van der Waals surface area (Å²) >= 11 is 0. The molecule has 0 saturated carbocycles. The van der Waals surface area contributed by atoms with Crippen LogP contribution in [0, 0.1) is 23.6 Å². The molecule has 2 bridgehead atoms. The van der Waals surface area contributed by atoms with Crippen LogP contribution in [0.5, 0.6) is 5.75 Å². The molecule has 2 aromatic carbocycles. The highest BCUT2D eigenvalue weighted by Gasteiger charge is 2.44. The molecule has 2 saturated heterocycles. The summed E-state index contributed by atoms with van der Waals surface area (Å²) in [5.41, 5.74) is 1.93. The van der Waals surface area contributed by atoms with Crippen LogP contribution >= 0.6 is 0 Å². The third kappa shape index (κ3) is 6.27. The molecule has 2 heterocycles. The maximum absolute atomic E-state index is 13.5. The predicted octanol–water partition coefficient (Wildman–Crippen LogP) is 4.15. The second-order valence-electron chi connectivity index (χ2n) is 10.0. The number of benzene rings is 2. The highest BCUT2D eigenvalue weighted by molar-refractivity contribution is 5.74. The Balaban J connectivity index is 1.46. The summed E-state index contributed by atoms with van der Waals surface area (Å²) in [6, 6.07) is 14.3. The third-order valence-electron chi connectivity index (χ3n) is 6.56. The van der Waals surface area contributed by atoms with Gasteiger partial charge in [0, 0.05) is 44.1 Å². The maximum atomic E-state index is 13.5. The minimum atomic E-state index is -0.273. The molecule has 6 nitrogen and oxygen atoms in total. The number of piperidine rings is 1. The largest absolute Gasteiger partial charge is 0.493 e. The molecule has 2 amide bonds. The molecule has 184 valence electrons. The van der Waals surface area contributed by atoms with Gasteiger partial charge in [0.2, 0.25) is 0 Å². The Morgan fingerprint density at radius 3 is 2.32 bits per heavy atom. The molecule has 0 unspecified atom stereocenters. The van der Waals surface area contributed by atoms with Gasteiger partial charge in [0.15, 0.2) is 0 Å². The Morgan fingerprint density at radius 1 is 1.09 bits per heavy atom. The van der Waals surface area contributed by atoms with E-state index < -0.39 is 0 Å². The number of nitrogens with one attached hydrogen (secondary N) is 1. The molecule has 0 aromatic heterocycles. The van der Waals surface area contributed by atoms with Gasteiger partial charge in [-0.3, -0.25) is 0 Å². The van der Waals surface area contributed by atoms with Crippen molar-refractivity contribution in [2.24, 2.45) is 17.8 Å². The molecule has 7 heteroatoms. The lowest BCUT2D eigenvalue weighted by Crippen LogP contribution is -2.62. The van der Waals surface area contributed by atoms with Crippen molar-refractivity contribution >= 4 is 6.03 Å². The number of urea groups is 1. The molecule has 0 aliphatic carbocycles. The molecule has 2 fully saturated rings. The van der Waals surface area contributed by atoms with Crippen LogP contribution in [-0.2, 0) is 17.8 Å². The smallest absolute Gasteiger partial charge is 0.318 e. The van der Waals surface area contributed by atoms with E-state index in [2.05, 4.69) is 31.1 Å². The molecule has 3 atom stereocenters. The molecular weight excluding hydrogens is 433 g/mol. The molecule has 0 spiro atoms. The number of carbonyl (C=O) groups is 1. The van der Waals surface area contributed by atoms with Gasteiger partial charge in [-0.1, -0.05) is 38.1 Å². The predicted molar refractivity (Wildman–Crippen MR) is 130 cm³/mol. The molecule has 2 aliphatic heterocycles. The number of hydrogen-bond donors (Lipinski definition) is 1. The second-order valence-corrected chi connectivity index (χ2v) is 10.0. The van der Waals surface area contributed by atoms with Gasteiger partial charge in [0.25, 0.3) is 0 Å². The number of nitrogens with zero attached hydrogens (tertiary/aromatic N) is 2. The number of likely N-dealkylation sites (tertiary alicyclic amines) is 1. The van der Waals surface area contributed by atoms with Crippen LogP contribution in [0.25, 0.3) is 0 Å². The van der Waals surface area contributed by atoms with Crippen molar-refractivity contribution in [1.29, 1.82) is 0 Å². The van der Waals surface area contributed by atoms with Crippen molar-refractivity contribution < 1.29 is 18.7 Å². The van der Waals surface area contributed by atoms with Crippen LogP contribution in [0.1, 0.15) is 25.0 Å². The first-order valence-corrected chi connectivity index (χ1v) is 12.2. The Labute approximate surface area is 202 Å². The fourth-order valence-corrected chi connectivity index (χ4v) is 5.00. The summed E-state index contributed by atoms with van der Waals surface area (Å²) in [6.45, 7) is 8.87. The fourth-order valence-electron chi connectivity index (χ4n) is 5.00. The van der Waals surface area contributed by atoms with Gasteiger partial charge in [-0.2, -0.15) is 0 Å². The highest BCUT2D eigenvalue weighted by atomic mass is 19.1. The standard InChI is InChI=1S/C27H36FN3O3/c1-19(2)16-34-25-10-6-20(7-11-25)12-29-27(32)31(13-21-4-8-24(28)9-5-21)26-22-14-30(3)15-23(26)18-33-17-22/h4-11,19,22-23,26H,12-18H2,1-3H3,(H,29,32)/t22-,23+,26-. The summed E-state index contributed by atoms with van der Waals surface area (Å²) in [4.78, 5) is 17.8. The average molecular weight is 470 g/mol. The number of hydrogen-bond acceptors (Lipinski definition) is 4. The number of amides is 2. The Hall–Kier alpha value is -2.64. The van der Waals surface area contributed by atoms with Gasteiger partial charge in [-0.25, -0.2) is 9.18 Å². The maximum Gasteiger partial charge on any atom is 0.318 e. The van der Waals surface area contributed by atoms with Crippen molar-refractivity contribution in [1.82, 2.24) is 15.1 Å². The minimum absolute atomic E-state index is 0.0850. The zero-order chi connectivity index (χ0) is 24.1. The van der Waals surface area contributed by atoms with E-state index in [9.17, 15) is 9.18 Å². The van der Waals surface area contributed by atoms with Crippen LogP contribution < -0.4 is 10.1 Å². The normalized spacial score (nSPS) is 22.4. The summed E-state index contributed by atoms with van der Waals surface area (Å²) in [6.07, 6.45) is 0. The molecule has 2 aromatic rings. The first-order valence-electron chi connectivity index (χ1n) is 12.2. The number of fused-ring (bicyclic) bond motifs is 2. The molecule has 34 heavy (non-hydrogen) atoms. The van der Waals surface area contributed by atoms with Crippen LogP contribution in [0.2, 0.25) is 0 Å². The van der Waals surface area contributed by atoms with Gasteiger partial charge in [0.1, 0.15) is 11.6 Å². The van der Waals surface area contributed by atoms with E-state index in [4.69, 9.17) is 9.47 Å². The first kappa shape index (κ1) is 24.5. The van der Waals surface area contributed by atoms with Crippen LogP contribution in [0.4, 0.5) is 9.18 Å². The highest BCUT2D eigenvalue weighted by Crippen LogP contribution is 2.32. The summed E-state index contributed by atoms with van der Waals surface area (Å²) in [7, 11) is 2.13. The molecule has 1 N–H and O–H groups in total. The minimum Gasteiger partial charge on any atom is -0.493 e. The third-order valence-corrected chi connectivity index (χ3v) is 6.56. The van der Waals surface area contributed by atoms with Gasteiger partial charge in [-0.05, 0) is 48.4 Å². The number of halogens is 1. The lowest BCUT2D eigenvalue weighted by Gasteiger charge is -2.50. The second kappa shape index (κ2) is 11.2. The molecular formula is C27H36FN3O3. The van der Waals surface area contributed by atoms with Crippen molar-refractivity contribution in [3.63, 3.8) is 0 Å². The topological polar surface area (TPSA) is 54.0 Å². The van der Waals surface area contributed by atoms with Crippen molar-refractivity contribution in [2.45, 2.75) is 33.0 Å². The van der Waals surface area contributed by atoms with Crippen molar-refractivity contribution in [3.05, 3.63) is 65.5 Å². The van der Waals surface area contributed by atoms with E-state index in [0.29, 0.717) is 38.8 Å². The average Bonchev–Trinajstić information content (AvgIpc) is 2.81. The lowest BCUT2D eigenvalue weighted by molar-refractivity contribution is -0.0874. The van der Waals surface area contributed by atoms with Gasteiger partial charge < -0.3 is 24.6 Å². The number of ether oxygens (including phenoxy) is 2. The van der Waals surface area contributed by atoms with Crippen molar-refractivity contribution in [3.8, 4) is 5.75 Å². The van der Waals surface area contributed by atoms with Crippen LogP contribution in [0.15, 0.2) is 48.5 Å². The quantitative estimate of drug-likeness (QED) is 0.631. The Morgan fingerprint density at radius 2 is 1.71 bits per heavy atom. The number of carbonyl (C=O) groups excluding carboxylic acids is 1. The van der Waals surface area contributed by atoms with E-state index in [-0.39, 0.29) is 29.7 Å². The van der Waals surface area contributed by atoms with Gasteiger partial charge in [-0.15, -0.1) is 0 Å². The zero-order valence-electron chi connectivity index (χ0n) is 20.4. The lowest BCUT2D eigenvalue weighted by atomic mass is 9.81. The van der Waals surface area contributed by atoms with E-state index in [1.165, 1.54) is 12.1 Å². The van der Waals surface area contributed by atoms with Gasteiger partial charge >= 0.3 is 6.03 Å². The summed E-state index contributed by atoms with van der Waals surface area (Å²) < 4.78 is 25.1. The van der Waals surface area contributed by atoms with Gasteiger partial charge in [0.05, 0.1) is 19.8 Å². The molecule has 2 aliphatic rings. The molecule has 4 rings (SSSR count). The van der Waals surface area contributed by atoms with Crippen LogP contribution in [0.3, 0.4) is 0 Å². The fraction of sp³-hybridized carbons (Fsp3) is 0.519. The van der Waals surface area contributed by atoms with Crippen LogP contribution in [-0.4, -0.2) is 61.8 Å². The Kier molecular flexibility index (Phi) is 8.06. The van der Waals surface area contributed by atoms with Crippen molar-refractivity contribution in [2.75, 3.05) is 40.0 Å². The van der Waals surface area contributed by atoms with E-state index in [1.807, 2.05) is 29.2 Å². The molecule has 0 radical (unpaired) electrons. The Bertz CT molecular complexity index is 921. The zero-order valence-corrected chi connectivity index (χ0v) is 20.4. The van der Waals surface area contributed by atoms with E-state index in [0.717, 1.165) is 30.0 Å². The summed E-state index contributed by atoms with van der Waals surface area (Å²) in [5, 5.41) is 3.12.